The average Bonchev–Trinajstić information content (AvgIpc) is 2.70. The predicted octanol–water partition coefficient (Wildman–Crippen LogP) is -2.74. The van der Waals surface area contributed by atoms with Crippen LogP contribution in [0, 0.1) is 5.92 Å². The number of aliphatic carboxylic acids is 1. The molecule has 0 aliphatic heterocycles. The van der Waals surface area contributed by atoms with Crippen molar-refractivity contribution in [3.8, 4) is 0 Å². The Labute approximate surface area is 198 Å². The number of guanidine groups is 1. The van der Waals surface area contributed by atoms with Crippen molar-refractivity contribution in [3.05, 3.63) is 0 Å². The standard InChI is InChI=1S/C19H37N7O6S/c1-9(2)7-12(16(29)25-13(8-33)18(31)32)24-17(30)14(10(3)27)26-15(28)11(20)5-4-6-23-19(21)22/h9-14,27,33H,4-8,20H2,1-3H3,(H,24,30)(H,25,29)(H,26,28)(H,31,32)(H4,21,22,23). The summed E-state index contributed by atoms with van der Waals surface area (Å²) in [6.45, 7) is 5.21. The van der Waals surface area contributed by atoms with E-state index in [1.54, 1.807) is 0 Å². The number of carbonyl (C=O) groups excluding carboxylic acids is 3. The van der Waals surface area contributed by atoms with Crippen molar-refractivity contribution in [1.29, 1.82) is 0 Å². The van der Waals surface area contributed by atoms with E-state index < -0.39 is 54.0 Å². The average molecular weight is 492 g/mol. The molecule has 0 fully saturated rings. The SMILES string of the molecule is CC(C)CC(NC(=O)C(NC(=O)C(N)CCCN=C(N)N)C(C)O)C(=O)NC(CS)C(=O)O. The number of aliphatic hydroxyl groups excluding tert-OH is 1. The van der Waals surface area contributed by atoms with Gasteiger partial charge in [-0.3, -0.25) is 19.4 Å². The maximum absolute atomic E-state index is 12.8. The summed E-state index contributed by atoms with van der Waals surface area (Å²) in [6, 6.07) is -4.69. The molecule has 13 nitrogen and oxygen atoms in total. The van der Waals surface area contributed by atoms with Crippen molar-refractivity contribution in [2.75, 3.05) is 12.3 Å². The Kier molecular flexibility index (Phi) is 14.1. The van der Waals surface area contributed by atoms with E-state index >= 15 is 0 Å². The minimum Gasteiger partial charge on any atom is -0.480 e. The smallest absolute Gasteiger partial charge is 0.327 e. The van der Waals surface area contributed by atoms with Gasteiger partial charge in [0.1, 0.15) is 18.1 Å². The van der Waals surface area contributed by atoms with Gasteiger partial charge in [0.2, 0.25) is 17.7 Å². The van der Waals surface area contributed by atoms with E-state index in [0.717, 1.165) is 0 Å². The summed E-state index contributed by atoms with van der Waals surface area (Å²) in [7, 11) is 0. The lowest BCUT2D eigenvalue weighted by atomic mass is 10.0. The Morgan fingerprint density at radius 3 is 2.00 bits per heavy atom. The molecular weight excluding hydrogens is 454 g/mol. The highest BCUT2D eigenvalue weighted by atomic mass is 32.1. The molecular formula is C19H37N7O6S. The van der Waals surface area contributed by atoms with Crippen molar-refractivity contribution >= 4 is 42.3 Å². The zero-order chi connectivity index (χ0) is 25.7. The first-order valence-electron chi connectivity index (χ1n) is 10.5. The monoisotopic (exact) mass is 491 g/mol. The molecule has 0 aliphatic carbocycles. The topological polar surface area (TPSA) is 235 Å². The molecule has 0 saturated carbocycles. The molecule has 0 saturated heterocycles. The number of hydrogen-bond acceptors (Lipinski definition) is 8. The van der Waals surface area contributed by atoms with Crippen LogP contribution in [-0.2, 0) is 19.2 Å². The van der Waals surface area contributed by atoms with Gasteiger partial charge in [-0.15, -0.1) is 0 Å². The molecule has 0 radical (unpaired) electrons. The number of carboxylic acid groups (broad SMARTS) is 1. The Hall–Kier alpha value is -2.58. The maximum atomic E-state index is 12.8. The second kappa shape index (κ2) is 15.3. The molecule has 5 atom stereocenters. The number of nitrogens with two attached hydrogens (primary N) is 3. The lowest BCUT2D eigenvalue weighted by Crippen LogP contribution is -2.60. The molecule has 0 aromatic rings. The highest BCUT2D eigenvalue weighted by molar-refractivity contribution is 7.80. The van der Waals surface area contributed by atoms with Crippen molar-refractivity contribution in [2.45, 2.75) is 70.3 Å². The van der Waals surface area contributed by atoms with E-state index in [2.05, 4.69) is 33.6 Å². The van der Waals surface area contributed by atoms with Gasteiger partial charge in [0.25, 0.3) is 0 Å². The third-order valence-electron chi connectivity index (χ3n) is 4.50. The van der Waals surface area contributed by atoms with Crippen LogP contribution in [0.15, 0.2) is 4.99 Å². The molecule has 3 amide bonds. The number of aliphatic hydroxyl groups is 1. The summed E-state index contributed by atoms with van der Waals surface area (Å²) in [5, 5.41) is 26.3. The van der Waals surface area contributed by atoms with Crippen molar-refractivity contribution in [2.24, 2.45) is 28.1 Å². The summed E-state index contributed by atoms with van der Waals surface area (Å²) in [6.07, 6.45) is -0.448. The minimum absolute atomic E-state index is 0.0291. The van der Waals surface area contributed by atoms with Gasteiger partial charge in [-0.1, -0.05) is 13.8 Å². The van der Waals surface area contributed by atoms with Crippen LogP contribution >= 0.6 is 12.6 Å². The number of rotatable bonds is 15. The van der Waals surface area contributed by atoms with Crippen LogP contribution < -0.4 is 33.2 Å². The molecule has 190 valence electrons. The number of nitrogens with zero attached hydrogens (tertiary/aromatic N) is 1. The first-order chi connectivity index (χ1) is 15.3. The van der Waals surface area contributed by atoms with Crippen LogP contribution in [0.4, 0.5) is 0 Å². The fourth-order valence-corrected chi connectivity index (χ4v) is 2.99. The highest BCUT2D eigenvalue weighted by Gasteiger charge is 2.32. The van der Waals surface area contributed by atoms with Gasteiger partial charge in [-0.25, -0.2) is 4.79 Å². The van der Waals surface area contributed by atoms with E-state index in [9.17, 15) is 24.3 Å². The molecule has 0 spiro atoms. The summed E-state index contributed by atoms with van der Waals surface area (Å²) < 4.78 is 0. The quantitative estimate of drug-likeness (QED) is 0.0499. The molecule has 0 aliphatic rings. The van der Waals surface area contributed by atoms with Crippen LogP contribution in [0.25, 0.3) is 0 Å². The first kappa shape index (κ1) is 30.4. The van der Waals surface area contributed by atoms with E-state index in [4.69, 9.17) is 22.3 Å². The second-order valence-corrected chi connectivity index (χ2v) is 8.42. The fraction of sp³-hybridized carbons (Fsp3) is 0.737. The van der Waals surface area contributed by atoms with E-state index in [1.165, 1.54) is 6.92 Å². The van der Waals surface area contributed by atoms with Gasteiger partial charge in [0.15, 0.2) is 5.96 Å². The molecule has 14 heteroatoms. The number of carboxylic acids is 1. The van der Waals surface area contributed by atoms with Gasteiger partial charge in [0, 0.05) is 12.3 Å². The van der Waals surface area contributed by atoms with Gasteiger partial charge < -0.3 is 43.4 Å². The Morgan fingerprint density at radius 1 is 0.970 bits per heavy atom. The van der Waals surface area contributed by atoms with Gasteiger partial charge in [-0.05, 0) is 32.1 Å². The fourth-order valence-electron chi connectivity index (χ4n) is 2.74. The zero-order valence-corrected chi connectivity index (χ0v) is 20.0. The van der Waals surface area contributed by atoms with Crippen LogP contribution in [0.3, 0.4) is 0 Å². The van der Waals surface area contributed by atoms with Gasteiger partial charge in [-0.2, -0.15) is 12.6 Å². The maximum Gasteiger partial charge on any atom is 0.327 e. The Balaban J connectivity index is 5.22. The number of carbonyl (C=O) groups is 4. The lowest BCUT2D eigenvalue weighted by molar-refractivity contribution is -0.141. The highest BCUT2D eigenvalue weighted by Crippen LogP contribution is 2.07. The third kappa shape index (κ3) is 12.3. The zero-order valence-electron chi connectivity index (χ0n) is 19.2. The van der Waals surface area contributed by atoms with Crippen LogP contribution in [0.2, 0.25) is 0 Å². The van der Waals surface area contributed by atoms with Crippen molar-refractivity contribution in [3.63, 3.8) is 0 Å². The molecule has 0 rings (SSSR count). The van der Waals surface area contributed by atoms with Crippen molar-refractivity contribution in [1.82, 2.24) is 16.0 Å². The number of thiol groups is 1. The molecule has 0 aromatic carbocycles. The summed E-state index contributed by atoms with van der Waals surface area (Å²) in [4.78, 5) is 52.7. The predicted molar refractivity (Wildman–Crippen MR) is 126 cm³/mol. The Bertz CT molecular complexity index is 700. The Morgan fingerprint density at radius 2 is 1.55 bits per heavy atom. The number of amides is 3. The van der Waals surface area contributed by atoms with Crippen molar-refractivity contribution < 1.29 is 29.4 Å². The van der Waals surface area contributed by atoms with Gasteiger partial charge in [0.05, 0.1) is 12.1 Å². The van der Waals surface area contributed by atoms with Crippen LogP contribution in [0.5, 0.6) is 0 Å². The number of hydrogen-bond donors (Lipinski definition) is 9. The molecule has 0 aromatic heterocycles. The molecule has 33 heavy (non-hydrogen) atoms. The summed E-state index contributed by atoms with van der Waals surface area (Å²) in [5.74, 6) is -3.73. The van der Waals surface area contributed by atoms with Crippen LogP contribution in [-0.4, -0.2) is 82.4 Å². The lowest BCUT2D eigenvalue weighted by Gasteiger charge is -2.27. The number of nitrogens with one attached hydrogen (secondary N) is 3. The first-order valence-corrected chi connectivity index (χ1v) is 11.2. The third-order valence-corrected chi connectivity index (χ3v) is 4.87. The van der Waals surface area contributed by atoms with E-state index in [1.807, 2.05) is 13.8 Å². The second-order valence-electron chi connectivity index (χ2n) is 8.05. The molecule has 11 N–H and O–H groups in total. The van der Waals surface area contributed by atoms with E-state index in [0.29, 0.717) is 6.42 Å². The van der Waals surface area contributed by atoms with E-state index in [-0.39, 0.29) is 37.0 Å². The largest absolute Gasteiger partial charge is 0.480 e. The van der Waals surface area contributed by atoms with Crippen LogP contribution in [0.1, 0.15) is 40.0 Å². The summed E-state index contributed by atoms with van der Waals surface area (Å²) in [5.41, 5.74) is 16.3. The number of aliphatic imine (C=N–C) groups is 1. The minimum atomic E-state index is -1.39. The summed E-state index contributed by atoms with van der Waals surface area (Å²) >= 11 is 3.90. The molecule has 0 bridgehead atoms. The normalized spacial score (nSPS) is 15.5. The van der Waals surface area contributed by atoms with Gasteiger partial charge >= 0.3 is 5.97 Å². The molecule has 0 heterocycles. The molecule has 5 unspecified atom stereocenters.